The van der Waals surface area contributed by atoms with E-state index >= 15 is 0 Å². The SMILES string of the molecule is CCc1ccc2c(c1)C(O)(ON(C)C(=O)C(C)=O)C(c1ccc(O)cc1)OC2. The first-order valence-electron chi connectivity index (χ1n) is 8.99. The zero-order valence-corrected chi connectivity index (χ0v) is 16.0. The molecule has 7 nitrogen and oxygen atoms in total. The fourth-order valence-corrected chi connectivity index (χ4v) is 3.27. The maximum Gasteiger partial charge on any atom is 0.313 e. The lowest BCUT2D eigenvalue weighted by Crippen LogP contribution is -2.48. The maximum absolute atomic E-state index is 12.0. The lowest BCUT2D eigenvalue weighted by Gasteiger charge is -2.42. The Kier molecular flexibility index (Phi) is 5.51. The molecule has 0 saturated carbocycles. The molecule has 1 aliphatic rings. The molecular formula is C21H23NO6. The smallest absolute Gasteiger partial charge is 0.313 e. The van der Waals surface area contributed by atoms with Gasteiger partial charge in [-0.05, 0) is 41.3 Å². The Morgan fingerprint density at radius 2 is 1.93 bits per heavy atom. The molecule has 0 spiro atoms. The summed E-state index contributed by atoms with van der Waals surface area (Å²) in [6.07, 6.45) is -0.231. The van der Waals surface area contributed by atoms with E-state index in [1.165, 1.54) is 19.2 Å². The summed E-state index contributed by atoms with van der Waals surface area (Å²) < 4.78 is 5.88. The Labute approximate surface area is 163 Å². The van der Waals surface area contributed by atoms with E-state index in [9.17, 15) is 19.8 Å². The van der Waals surface area contributed by atoms with Crippen LogP contribution in [-0.2, 0) is 38.0 Å². The van der Waals surface area contributed by atoms with Crippen LogP contribution in [0.25, 0.3) is 0 Å². The van der Waals surface area contributed by atoms with Gasteiger partial charge in [0.15, 0.2) is 0 Å². The highest BCUT2D eigenvalue weighted by Gasteiger charge is 2.49. The number of fused-ring (bicyclic) bond motifs is 1. The number of rotatable bonds is 5. The second kappa shape index (κ2) is 7.71. The van der Waals surface area contributed by atoms with Crippen LogP contribution in [0.2, 0.25) is 0 Å². The van der Waals surface area contributed by atoms with Crippen molar-refractivity contribution in [2.75, 3.05) is 7.05 Å². The molecule has 2 N–H and O–H groups in total. The third-order valence-corrected chi connectivity index (χ3v) is 4.79. The Morgan fingerprint density at radius 3 is 2.54 bits per heavy atom. The summed E-state index contributed by atoms with van der Waals surface area (Å²) >= 11 is 0. The van der Waals surface area contributed by atoms with Gasteiger partial charge in [0.1, 0.15) is 11.9 Å². The Bertz CT molecular complexity index is 894. The molecule has 1 heterocycles. The number of ether oxygens (including phenoxy) is 1. The van der Waals surface area contributed by atoms with Crippen LogP contribution in [0.15, 0.2) is 42.5 Å². The van der Waals surface area contributed by atoms with E-state index in [0.717, 1.165) is 29.5 Å². The third-order valence-electron chi connectivity index (χ3n) is 4.79. The summed E-state index contributed by atoms with van der Waals surface area (Å²) in [5, 5.41) is 21.9. The van der Waals surface area contributed by atoms with Gasteiger partial charge in [-0.3, -0.25) is 9.59 Å². The number of nitrogens with zero attached hydrogens (tertiary/aromatic N) is 1. The van der Waals surface area contributed by atoms with E-state index in [1.807, 2.05) is 25.1 Å². The van der Waals surface area contributed by atoms with Gasteiger partial charge in [-0.2, -0.15) is 0 Å². The van der Waals surface area contributed by atoms with Gasteiger partial charge in [-0.15, -0.1) is 0 Å². The second-order valence-corrected chi connectivity index (χ2v) is 6.77. The number of aromatic hydroxyl groups is 1. The van der Waals surface area contributed by atoms with Gasteiger partial charge in [0.05, 0.1) is 6.61 Å². The Hall–Kier alpha value is -2.74. The Morgan fingerprint density at radius 1 is 1.25 bits per heavy atom. The van der Waals surface area contributed by atoms with E-state index in [0.29, 0.717) is 11.1 Å². The molecule has 2 atom stereocenters. The van der Waals surface area contributed by atoms with Crippen LogP contribution >= 0.6 is 0 Å². The van der Waals surface area contributed by atoms with E-state index in [1.54, 1.807) is 12.1 Å². The van der Waals surface area contributed by atoms with Crippen LogP contribution in [-0.4, -0.2) is 34.0 Å². The summed E-state index contributed by atoms with van der Waals surface area (Å²) in [6, 6.07) is 11.8. The minimum Gasteiger partial charge on any atom is -0.508 e. The molecular weight excluding hydrogens is 362 g/mol. The molecule has 0 radical (unpaired) electrons. The highest BCUT2D eigenvalue weighted by molar-refractivity contribution is 6.34. The summed E-state index contributed by atoms with van der Waals surface area (Å²) in [6.45, 7) is 3.36. The number of hydroxylamine groups is 2. The molecule has 148 valence electrons. The van der Waals surface area contributed by atoms with Crippen molar-refractivity contribution in [2.45, 2.75) is 38.8 Å². The molecule has 1 amide bonds. The van der Waals surface area contributed by atoms with Crippen molar-refractivity contribution < 1.29 is 29.4 Å². The number of likely N-dealkylation sites (N-methyl/N-ethyl adjacent to an activating group) is 1. The molecule has 2 unspecified atom stereocenters. The molecule has 0 bridgehead atoms. The number of hydrogen-bond acceptors (Lipinski definition) is 6. The molecule has 1 aliphatic heterocycles. The van der Waals surface area contributed by atoms with Gasteiger partial charge in [0.2, 0.25) is 11.6 Å². The molecule has 0 fully saturated rings. The first kappa shape index (κ1) is 20.0. The topological polar surface area (TPSA) is 96.3 Å². The number of ketones is 1. The number of aliphatic hydroxyl groups is 1. The number of carbonyl (C=O) groups excluding carboxylic acids is 2. The first-order valence-corrected chi connectivity index (χ1v) is 8.99. The highest BCUT2D eigenvalue weighted by atomic mass is 16.8. The van der Waals surface area contributed by atoms with Crippen LogP contribution in [0.4, 0.5) is 0 Å². The van der Waals surface area contributed by atoms with Crippen LogP contribution in [0, 0.1) is 0 Å². The van der Waals surface area contributed by atoms with E-state index in [-0.39, 0.29) is 12.4 Å². The lowest BCUT2D eigenvalue weighted by atomic mass is 9.87. The first-order chi connectivity index (χ1) is 13.3. The van der Waals surface area contributed by atoms with Crippen molar-refractivity contribution in [1.82, 2.24) is 5.06 Å². The Balaban J connectivity index is 2.10. The molecule has 28 heavy (non-hydrogen) atoms. The number of aryl methyl sites for hydroxylation is 1. The normalized spacial score (nSPS) is 21.1. The summed E-state index contributed by atoms with van der Waals surface area (Å²) in [7, 11) is 1.27. The van der Waals surface area contributed by atoms with Gasteiger partial charge in [0, 0.05) is 19.5 Å². The van der Waals surface area contributed by atoms with Crippen molar-refractivity contribution in [1.29, 1.82) is 0 Å². The number of carbonyl (C=O) groups is 2. The number of benzene rings is 2. The molecule has 2 aromatic rings. The lowest BCUT2D eigenvalue weighted by molar-refractivity contribution is -0.364. The van der Waals surface area contributed by atoms with Crippen LogP contribution in [0.5, 0.6) is 5.75 Å². The fourth-order valence-electron chi connectivity index (χ4n) is 3.27. The average Bonchev–Trinajstić information content (AvgIpc) is 2.68. The van der Waals surface area contributed by atoms with Gasteiger partial charge >= 0.3 is 5.91 Å². The highest BCUT2D eigenvalue weighted by Crippen LogP contribution is 2.45. The molecule has 0 saturated heterocycles. The number of hydrogen-bond donors (Lipinski definition) is 2. The van der Waals surface area contributed by atoms with Crippen LogP contribution < -0.4 is 0 Å². The predicted molar refractivity (Wildman–Crippen MR) is 99.9 cm³/mol. The minimum atomic E-state index is -2.05. The van der Waals surface area contributed by atoms with Crippen LogP contribution in [0.3, 0.4) is 0 Å². The van der Waals surface area contributed by atoms with E-state index in [4.69, 9.17) is 9.57 Å². The number of Topliss-reactive ketones (excluding diaryl/α,β-unsaturated/α-hetero) is 1. The number of phenols is 1. The van der Waals surface area contributed by atoms with Crippen molar-refractivity contribution in [3.05, 3.63) is 64.7 Å². The third kappa shape index (κ3) is 3.64. The standard InChI is InChI=1S/C21H23NO6/c1-4-14-5-6-16-12-27-19(15-7-9-17(24)10-8-15)21(26,18(16)11-14)28-22(3)20(25)13(2)23/h5-11,19,24,26H,4,12H2,1-3H3. The van der Waals surface area contributed by atoms with Crippen LogP contribution in [0.1, 0.15) is 42.2 Å². The minimum absolute atomic E-state index is 0.0709. The fraction of sp³-hybridized carbons (Fsp3) is 0.333. The number of phenolic OH excluding ortho intramolecular Hbond substituents is 1. The zero-order valence-electron chi connectivity index (χ0n) is 16.0. The van der Waals surface area contributed by atoms with Gasteiger partial charge in [-0.25, -0.2) is 9.90 Å². The summed E-state index contributed by atoms with van der Waals surface area (Å²) in [5.74, 6) is -3.58. The monoisotopic (exact) mass is 385 g/mol. The zero-order chi connectivity index (χ0) is 20.5. The van der Waals surface area contributed by atoms with E-state index < -0.39 is 23.6 Å². The molecule has 3 rings (SSSR count). The molecule has 2 aromatic carbocycles. The summed E-state index contributed by atoms with van der Waals surface area (Å²) in [4.78, 5) is 29.2. The van der Waals surface area contributed by atoms with Gasteiger partial charge in [-0.1, -0.05) is 31.2 Å². The predicted octanol–water partition coefficient (Wildman–Crippen LogP) is 2.35. The van der Waals surface area contributed by atoms with Gasteiger partial charge < -0.3 is 14.9 Å². The van der Waals surface area contributed by atoms with Crippen molar-refractivity contribution in [3.63, 3.8) is 0 Å². The quantitative estimate of drug-likeness (QED) is 0.466. The second-order valence-electron chi connectivity index (χ2n) is 6.77. The summed E-state index contributed by atoms with van der Waals surface area (Å²) in [5.41, 5.74) is 2.72. The van der Waals surface area contributed by atoms with Crippen molar-refractivity contribution in [2.24, 2.45) is 0 Å². The molecule has 0 aliphatic carbocycles. The molecule has 7 heteroatoms. The number of amides is 1. The van der Waals surface area contributed by atoms with Crippen molar-refractivity contribution in [3.8, 4) is 5.75 Å². The van der Waals surface area contributed by atoms with Gasteiger partial charge in [0.25, 0.3) is 0 Å². The largest absolute Gasteiger partial charge is 0.508 e. The van der Waals surface area contributed by atoms with Crippen molar-refractivity contribution >= 4 is 11.7 Å². The average molecular weight is 385 g/mol. The maximum atomic E-state index is 12.0. The van der Waals surface area contributed by atoms with E-state index in [2.05, 4.69) is 0 Å². The molecule has 0 aromatic heterocycles.